The van der Waals surface area contributed by atoms with Crippen molar-refractivity contribution < 1.29 is 14.4 Å². The lowest BCUT2D eigenvalue weighted by atomic mass is 9.93. The van der Waals surface area contributed by atoms with Crippen LogP contribution in [0.3, 0.4) is 0 Å². The highest BCUT2D eigenvalue weighted by molar-refractivity contribution is 5.98. The van der Waals surface area contributed by atoms with Gasteiger partial charge in [0.05, 0.1) is 18.0 Å². The highest BCUT2D eigenvalue weighted by Crippen LogP contribution is 2.35. The molecule has 5 rings (SSSR count). The highest BCUT2D eigenvalue weighted by Gasteiger charge is 2.30. The minimum absolute atomic E-state index is 0.154. The summed E-state index contributed by atoms with van der Waals surface area (Å²) in [5, 5.41) is 5.59. The molecule has 0 bridgehead atoms. The van der Waals surface area contributed by atoms with Crippen molar-refractivity contribution in [3.8, 4) is 22.8 Å². The topological polar surface area (TPSA) is 117 Å². The van der Waals surface area contributed by atoms with E-state index in [0.29, 0.717) is 54.3 Å². The first kappa shape index (κ1) is 22.9. The lowest BCUT2D eigenvalue weighted by Gasteiger charge is -2.18. The number of nitrogens with one attached hydrogen (secondary N) is 1. The van der Waals surface area contributed by atoms with E-state index < -0.39 is 0 Å². The van der Waals surface area contributed by atoms with Crippen LogP contribution in [0, 0.1) is 5.92 Å². The van der Waals surface area contributed by atoms with Gasteiger partial charge in [-0.15, -0.1) is 0 Å². The summed E-state index contributed by atoms with van der Waals surface area (Å²) in [6, 6.07) is 17.1. The van der Waals surface area contributed by atoms with Crippen LogP contribution in [0.1, 0.15) is 32.2 Å². The lowest BCUT2D eigenvalue weighted by Crippen LogP contribution is -2.26. The number of fused-ring (bicyclic) bond motifs is 1. The van der Waals surface area contributed by atoms with Gasteiger partial charge in [0, 0.05) is 24.4 Å². The number of Topliss-reactive ketones (excluding diaryl/α,β-unsaturated/α-hetero) is 1. The third kappa shape index (κ3) is 4.87. The number of hydrogen-bond acceptors (Lipinski definition) is 8. The van der Waals surface area contributed by atoms with Crippen molar-refractivity contribution in [2.75, 3.05) is 18.9 Å². The van der Waals surface area contributed by atoms with Gasteiger partial charge >= 0.3 is 0 Å². The number of benzene rings is 2. The average Bonchev–Trinajstić information content (AvgIpc) is 3.10. The van der Waals surface area contributed by atoms with E-state index in [0.717, 1.165) is 17.7 Å². The Labute approximate surface area is 203 Å². The van der Waals surface area contributed by atoms with Gasteiger partial charge in [-0.1, -0.05) is 25.1 Å². The summed E-state index contributed by atoms with van der Waals surface area (Å²) in [5.74, 6) is 1.91. The second kappa shape index (κ2) is 10.2. The van der Waals surface area contributed by atoms with Crippen LogP contribution in [0.25, 0.3) is 22.3 Å². The molecule has 4 aromatic rings. The van der Waals surface area contributed by atoms with Gasteiger partial charge in [0.2, 0.25) is 0 Å². The standard InChI is InChI=1S/C26H28N6O3/c1-2-6-22(33)18-13-19(15-34-30-14-18)32-26-23(25(27)28-16-29-26)24(31-32)17-9-11-21(12-10-17)35-20-7-4-3-5-8-20/h3-5,7-12,16,18-19,30H,2,6,13-15H2,1H3,(H2,27,28,29). The van der Waals surface area contributed by atoms with Gasteiger partial charge in [-0.2, -0.15) is 5.10 Å². The third-order valence-corrected chi connectivity index (χ3v) is 6.19. The number of aromatic nitrogens is 4. The first-order chi connectivity index (χ1) is 17.1. The number of rotatable bonds is 7. The van der Waals surface area contributed by atoms with Crippen molar-refractivity contribution in [3.05, 3.63) is 60.9 Å². The maximum Gasteiger partial charge on any atom is 0.164 e. The number of nitrogens with two attached hydrogens (primary N) is 1. The third-order valence-electron chi connectivity index (χ3n) is 6.19. The summed E-state index contributed by atoms with van der Waals surface area (Å²) in [6.07, 6.45) is 3.42. The Morgan fingerprint density at radius 1 is 1.14 bits per heavy atom. The Hall–Kier alpha value is -3.82. The first-order valence-corrected chi connectivity index (χ1v) is 11.8. The Morgan fingerprint density at radius 2 is 1.91 bits per heavy atom. The van der Waals surface area contributed by atoms with Gasteiger partial charge in [-0.25, -0.2) is 20.1 Å². The van der Waals surface area contributed by atoms with Gasteiger partial charge in [0.1, 0.15) is 35.1 Å². The number of anilines is 1. The molecule has 9 heteroatoms. The van der Waals surface area contributed by atoms with E-state index in [1.807, 2.05) is 66.2 Å². The summed E-state index contributed by atoms with van der Waals surface area (Å²) in [7, 11) is 0. The molecule has 2 unspecified atom stereocenters. The van der Waals surface area contributed by atoms with Gasteiger partial charge < -0.3 is 10.5 Å². The van der Waals surface area contributed by atoms with E-state index in [1.165, 1.54) is 6.33 Å². The van der Waals surface area contributed by atoms with Crippen LogP contribution in [-0.4, -0.2) is 38.7 Å². The second-order valence-electron chi connectivity index (χ2n) is 8.65. The average molecular weight is 473 g/mol. The molecule has 2 aromatic carbocycles. The van der Waals surface area contributed by atoms with E-state index in [-0.39, 0.29) is 17.7 Å². The normalized spacial score (nSPS) is 18.3. The van der Waals surface area contributed by atoms with E-state index in [1.54, 1.807) is 0 Å². The molecule has 1 aliphatic heterocycles. The number of ketones is 1. The predicted molar refractivity (Wildman–Crippen MR) is 133 cm³/mol. The molecule has 2 aromatic heterocycles. The van der Waals surface area contributed by atoms with Crippen LogP contribution in [0.2, 0.25) is 0 Å². The first-order valence-electron chi connectivity index (χ1n) is 11.8. The van der Waals surface area contributed by atoms with Crippen molar-refractivity contribution in [1.82, 2.24) is 25.2 Å². The Bertz CT molecular complexity index is 1310. The van der Waals surface area contributed by atoms with Crippen LogP contribution in [0.5, 0.6) is 11.5 Å². The molecule has 0 aliphatic carbocycles. The smallest absolute Gasteiger partial charge is 0.164 e. The van der Waals surface area contributed by atoms with E-state index in [2.05, 4.69) is 15.4 Å². The Balaban J connectivity index is 1.49. The number of hydrogen-bond donors (Lipinski definition) is 2. The van der Waals surface area contributed by atoms with Crippen molar-refractivity contribution in [1.29, 1.82) is 0 Å². The van der Waals surface area contributed by atoms with Gasteiger partial charge in [0.15, 0.2) is 5.65 Å². The zero-order valence-corrected chi connectivity index (χ0v) is 19.6. The fourth-order valence-corrected chi connectivity index (χ4v) is 4.42. The second-order valence-corrected chi connectivity index (χ2v) is 8.65. The van der Waals surface area contributed by atoms with Gasteiger partial charge in [0.25, 0.3) is 0 Å². The molecule has 3 heterocycles. The summed E-state index contributed by atoms with van der Waals surface area (Å²) in [5.41, 5.74) is 11.4. The molecule has 1 aliphatic rings. The van der Waals surface area contributed by atoms with Crippen LogP contribution >= 0.6 is 0 Å². The molecular formula is C26H28N6O3. The zero-order valence-electron chi connectivity index (χ0n) is 19.6. The van der Waals surface area contributed by atoms with E-state index >= 15 is 0 Å². The van der Waals surface area contributed by atoms with E-state index in [9.17, 15) is 4.79 Å². The number of carbonyl (C=O) groups excluding carboxylic acids is 1. The number of hydroxylamine groups is 1. The Morgan fingerprint density at radius 3 is 2.69 bits per heavy atom. The number of nitrogen functional groups attached to an aromatic ring is 1. The Kier molecular flexibility index (Phi) is 6.69. The lowest BCUT2D eigenvalue weighted by molar-refractivity contribution is -0.123. The molecule has 3 N–H and O–H groups in total. The fraction of sp³-hybridized carbons (Fsp3) is 0.308. The molecular weight excluding hydrogens is 444 g/mol. The van der Waals surface area contributed by atoms with Crippen LogP contribution < -0.4 is 16.0 Å². The largest absolute Gasteiger partial charge is 0.457 e. The fourth-order valence-electron chi connectivity index (χ4n) is 4.42. The van der Waals surface area contributed by atoms with Crippen molar-refractivity contribution in [2.45, 2.75) is 32.2 Å². The summed E-state index contributed by atoms with van der Waals surface area (Å²) in [4.78, 5) is 27.0. The molecule has 35 heavy (non-hydrogen) atoms. The summed E-state index contributed by atoms with van der Waals surface area (Å²) in [6.45, 7) is 2.86. The summed E-state index contributed by atoms with van der Waals surface area (Å²) >= 11 is 0. The molecule has 2 atom stereocenters. The maximum atomic E-state index is 12.7. The number of para-hydroxylation sites is 1. The minimum atomic E-state index is -0.179. The number of carbonyl (C=O) groups is 1. The molecule has 0 spiro atoms. The maximum absolute atomic E-state index is 12.7. The van der Waals surface area contributed by atoms with Crippen molar-refractivity contribution in [3.63, 3.8) is 0 Å². The van der Waals surface area contributed by atoms with Crippen LogP contribution in [0.15, 0.2) is 60.9 Å². The molecule has 0 saturated carbocycles. The molecule has 0 radical (unpaired) electrons. The van der Waals surface area contributed by atoms with Crippen molar-refractivity contribution in [2.24, 2.45) is 5.92 Å². The quantitative estimate of drug-likeness (QED) is 0.408. The molecule has 0 amide bonds. The number of ether oxygens (including phenoxy) is 1. The zero-order chi connectivity index (χ0) is 24.2. The predicted octanol–water partition coefficient (Wildman–Crippen LogP) is 4.32. The van der Waals surface area contributed by atoms with Gasteiger partial charge in [-0.3, -0.25) is 9.63 Å². The molecule has 9 nitrogen and oxygen atoms in total. The molecule has 1 fully saturated rings. The van der Waals surface area contributed by atoms with Gasteiger partial charge in [-0.05, 0) is 49.2 Å². The molecule has 1 saturated heterocycles. The van der Waals surface area contributed by atoms with Crippen molar-refractivity contribution >= 4 is 22.6 Å². The highest BCUT2D eigenvalue weighted by atomic mass is 16.6. The number of nitrogens with zero attached hydrogens (tertiary/aromatic N) is 4. The van der Waals surface area contributed by atoms with Crippen LogP contribution in [0.4, 0.5) is 5.82 Å². The van der Waals surface area contributed by atoms with Crippen LogP contribution in [-0.2, 0) is 9.63 Å². The summed E-state index contributed by atoms with van der Waals surface area (Å²) < 4.78 is 7.75. The monoisotopic (exact) mass is 472 g/mol. The SMILES string of the molecule is CCCC(=O)C1CNOCC(n2nc(-c3ccc(Oc4ccccc4)cc3)c3c(N)ncnc32)C1. The molecule has 180 valence electrons. The minimum Gasteiger partial charge on any atom is -0.457 e. The van der Waals surface area contributed by atoms with E-state index in [4.69, 9.17) is 20.4 Å².